The van der Waals surface area contributed by atoms with E-state index in [0.29, 0.717) is 25.9 Å². The maximum atomic E-state index is 12.1. The fourth-order valence-corrected chi connectivity index (χ4v) is 2.62. The number of piperidine rings is 1. The minimum Gasteiger partial charge on any atom is -0.465 e. The third-order valence-corrected chi connectivity index (χ3v) is 3.84. The van der Waals surface area contributed by atoms with E-state index in [-0.39, 0.29) is 30.3 Å². The highest BCUT2D eigenvalue weighted by molar-refractivity contribution is 6.00. The predicted molar refractivity (Wildman–Crippen MR) is 77.1 cm³/mol. The second-order valence-corrected chi connectivity index (χ2v) is 5.39. The number of nitrogens with zero attached hydrogens (tertiary/aromatic N) is 1. The maximum Gasteiger partial charge on any atom is 0.407 e. The summed E-state index contributed by atoms with van der Waals surface area (Å²) >= 11 is 0. The van der Waals surface area contributed by atoms with Crippen LogP contribution in [0.15, 0.2) is 30.3 Å². The fourth-order valence-electron chi connectivity index (χ4n) is 2.62. The molecule has 1 aromatic rings. The molecule has 5 nitrogen and oxygen atoms in total. The Balaban J connectivity index is 1.79. The molecule has 1 saturated heterocycles. The van der Waals surface area contributed by atoms with Gasteiger partial charge in [0.15, 0.2) is 0 Å². The average Bonchev–Trinajstić information content (AvgIpc) is 2.48. The van der Waals surface area contributed by atoms with Crippen molar-refractivity contribution in [3.8, 4) is 0 Å². The van der Waals surface area contributed by atoms with Gasteiger partial charge in [0.25, 0.3) is 0 Å². The van der Waals surface area contributed by atoms with Crippen LogP contribution >= 0.6 is 0 Å². The van der Waals surface area contributed by atoms with Crippen molar-refractivity contribution in [1.29, 1.82) is 0 Å². The summed E-state index contributed by atoms with van der Waals surface area (Å²) in [6, 6.07) is 9.36. The SMILES string of the molecule is O=C(CC(=O)C1CCN(C(=O)O)CC1)Cc1ccccc1. The highest BCUT2D eigenvalue weighted by Crippen LogP contribution is 2.20. The number of benzene rings is 1. The summed E-state index contributed by atoms with van der Waals surface area (Å²) < 4.78 is 0. The van der Waals surface area contributed by atoms with Crippen molar-refractivity contribution in [2.75, 3.05) is 13.1 Å². The Morgan fingerprint density at radius 3 is 2.29 bits per heavy atom. The van der Waals surface area contributed by atoms with E-state index in [4.69, 9.17) is 5.11 Å². The quantitative estimate of drug-likeness (QED) is 0.843. The highest BCUT2D eigenvalue weighted by atomic mass is 16.4. The molecular weight excluding hydrogens is 270 g/mol. The second kappa shape index (κ2) is 7.02. The summed E-state index contributed by atoms with van der Waals surface area (Å²) in [7, 11) is 0. The number of carbonyl (C=O) groups excluding carboxylic acids is 2. The molecule has 1 aliphatic rings. The first-order valence-corrected chi connectivity index (χ1v) is 7.12. The molecule has 0 spiro atoms. The number of ketones is 2. The Morgan fingerprint density at radius 2 is 1.71 bits per heavy atom. The van der Waals surface area contributed by atoms with E-state index in [1.54, 1.807) is 0 Å². The minimum atomic E-state index is -0.943. The van der Waals surface area contributed by atoms with E-state index in [0.717, 1.165) is 5.56 Å². The minimum absolute atomic E-state index is 0.0490. The van der Waals surface area contributed by atoms with Crippen LogP contribution in [0.5, 0.6) is 0 Å². The van der Waals surface area contributed by atoms with E-state index >= 15 is 0 Å². The lowest BCUT2D eigenvalue weighted by Crippen LogP contribution is -2.39. The summed E-state index contributed by atoms with van der Waals surface area (Å²) in [6.45, 7) is 0.747. The summed E-state index contributed by atoms with van der Waals surface area (Å²) in [5.74, 6) is -0.312. The lowest BCUT2D eigenvalue weighted by Gasteiger charge is -2.29. The number of rotatable bonds is 5. The van der Waals surface area contributed by atoms with Crippen LogP contribution in [-0.4, -0.2) is 40.8 Å². The van der Waals surface area contributed by atoms with Crippen molar-refractivity contribution in [1.82, 2.24) is 4.90 Å². The number of likely N-dealkylation sites (tertiary alicyclic amines) is 1. The molecule has 0 radical (unpaired) electrons. The van der Waals surface area contributed by atoms with Gasteiger partial charge in [-0.2, -0.15) is 0 Å². The first-order valence-electron chi connectivity index (χ1n) is 7.12. The fraction of sp³-hybridized carbons (Fsp3) is 0.438. The Morgan fingerprint density at radius 1 is 1.10 bits per heavy atom. The summed E-state index contributed by atoms with van der Waals surface area (Å²) in [5, 5.41) is 8.86. The number of hydrogen-bond acceptors (Lipinski definition) is 3. The zero-order valence-electron chi connectivity index (χ0n) is 11.8. The van der Waals surface area contributed by atoms with Crippen molar-refractivity contribution in [3.05, 3.63) is 35.9 Å². The first-order chi connectivity index (χ1) is 10.1. The Labute approximate surface area is 123 Å². The van der Waals surface area contributed by atoms with E-state index in [1.165, 1.54) is 4.90 Å². The van der Waals surface area contributed by atoms with Gasteiger partial charge >= 0.3 is 6.09 Å². The maximum absolute atomic E-state index is 12.1. The van der Waals surface area contributed by atoms with E-state index < -0.39 is 6.09 Å². The third kappa shape index (κ3) is 4.41. The number of amides is 1. The van der Waals surface area contributed by atoms with Gasteiger partial charge in [0, 0.05) is 25.4 Å². The molecule has 0 unspecified atom stereocenters. The number of carboxylic acid groups (broad SMARTS) is 1. The van der Waals surface area contributed by atoms with Crippen LogP contribution in [0.4, 0.5) is 4.79 Å². The standard InChI is InChI=1S/C16H19NO4/c18-14(10-12-4-2-1-3-5-12)11-15(19)13-6-8-17(9-7-13)16(20)21/h1-5,13H,6-11H2,(H,20,21). The molecule has 1 aromatic carbocycles. The largest absolute Gasteiger partial charge is 0.465 e. The Kier molecular flexibility index (Phi) is 5.09. The molecule has 0 aliphatic carbocycles. The molecule has 5 heteroatoms. The Hall–Kier alpha value is -2.17. The summed E-state index contributed by atoms with van der Waals surface area (Å²) in [6.07, 6.45) is 0.321. The zero-order chi connectivity index (χ0) is 15.2. The monoisotopic (exact) mass is 289 g/mol. The van der Waals surface area contributed by atoms with Crippen molar-refractivity contribution >= 4 is 17.7 Å². The number of carbonyl (C=O) groups is 3. The molecule has 1 fully saturated rings. The molecule has 2 rings (SSSR count). The molecular formula is C16H19NO4. The van der Waals surface area contributed by atoms with Gasteiger partial charge in [-0.3, -0.25) is 9.59 Å². The number of hydrogen-bond donors (Lipinski definition) is 1. The van der Waals surface area contributed by atoms with Crippen LogP contribution in [0, 0.1) is 5.92 Å². The van der Waals surface area contributed by atoms with Crippen molar-refractivity contribution < 1.29 is 19.5 Å². The van der Waals surface area contributed by atoms with Crippen molar-refractivity contribution in [3.63, 3.8) is 0 Å². The lowest BCUT2D eigenvalue weighted by atomic mass is 9.89. The van der Waals surface area contributed by atoms with Gasteiger partial charge < -0.3 is 10.0 Å². The van der Waals surface area contributed by atoms with Crippen LogP contribution in [0.1, 0.15) is 24.8 Å². The van der Waals surface area contributed by atoms with Crippen LogP contribution in [0.3, 0.4) is 0 Å². The normalized spacial score (nSPS) is 15.7. The van der Waals surface area contributed by atoms with Crippen LogP contribution < -0.4 is 0 Å². The highest BCUT2D eigenvalue weighted by Gasteiger charge is 2.27. The van der Waals surface area contributed by atoms with E-state index in [9.17, 15) is 14.4 Å². The molecule has 1 amide bonds. The second-order valence-electron chi connectivity index (χ2n) is 5.39. The van der Waals surface area contributed by atoms with E-state index in [1.807, 2.05) is 30.3 Å². The van der Waals surface area contributed by atoms with Gasteiger partial charge in [-0.15, -0.1) is 0 Å². The predicted octanol–water partition coefficient (Wildman–Crippen LogP) is 2.15. The van der Waals surface area contributed by atoms with Gasteiger partial charge in [-0.1, -0.05) is 30.3 Å². The third-order valence-electron chi connectivity index (χ3n) is 3.84. The van der Waals surface area contributed by atoms with Crippen LogP contribution in [-0.2, 0) is 16.0 Å². The van der Waals surface area contributed by atoms with Crippen LogP contribution in [0.2, 0.25) is 0 Å². The van der Waals surface area contributed by atoms with Gasteiger partial charge in [-0.25, -0.2) is 4.79 Å². The number of Topliss-reactive ketones (excluding diaryl/α,β-unsaturated/α-hetero) is 2. The smallest absolute Gasteiger partial charge is 0.407 e. The molecule has 1 heterocycles. The Bertz CT molecular complexity index is 518. The van der Waals surface area contributed by atoms with Gasteiger partial charge in [0.2, 0.25) is 0 Å². The summed E-state index contributed by atoms with van der Waals surface area (Å²) in [4.78, 5) is 36.1. The van der Waals surface area contributed by atoms with Crippen molar-refractivity contribution in [2.45, 2.75) is 25.7 Å². The molecule has 0 aromatic heterocycles. The van der Waals surface area contributed by atoms with Crippen molar-refractivity contribution in [2.24, 2.45) is 5.92 Å². The first kappa shape index (κ1) is 15.2. The molecule has 0 atom stereocenters. The van der Waals surface area contributed by atoms with Crippen LogP contribution in [0.25, 0.3) is 0 Å². The lowest BCUT2D eigenvalue weighted by molar-refractivity contribution is -0.129. The molecule has 1 aliphatic heterocycles. The topological polar surface area (TPSA) is 74.7 Å². The molecule has 21 heavy (non-hydrogen) atoms. The zero-order valence-corrected chi connectivity index (χ0v) is 11.8. The molecule has 0 bridgehead atoms. The van der Waals surface area contributed by atoms with Gasteiger partial charge in [-0.05, 0) is 18.4 Å². The van der Waals surface area contributed by atoms with E-state index in [2.05, 4.69) is 0 Å². The van der Waals surface area contributed by atoms with Gasteiger partial charge in [0.05, 0.1) is 6.42 Å². The molecule has 1 N–H and O–H groups in total. The molecule has 112 valence electrons. The average molecular weight is 289 g/mol. The van der Waals surface area contributed by atoms with Gasteiger partial charge in [0.1, 0.15) is 11.6 Å². The molecule has 0 saturated carbocycles. The summed E-state index contributed by atoms with van der Waals surface area (Å²) in [5.41, 5.74) is 0.913.